The average molecular weight is 394 g/mol. The van der Waals surface area contributed by atoms with E-state index in [1.807, 2.05) is 66.0 Å². The Morgan fingerprint density at radius 2 is 1.82 bits per heavy atom. The van der Waals surface area contributed by atoms with Crippen LogP contribution < -0.4 is 0 Å². The summed E-state index contributed by atoms with van der Waals surface area (Å²) < 4.78 is 0.898. The van der Waals surface area contributed by atoms with Crippen LogP contribution in [-0.4, -0.2) is 5.11 Å². The van der Waals surface area contributed by atoms with Gasteiger partial charge in [0.2, 0.25) is 0 Å². The van der Waals surface area contributed by atoms with Crippen LogP contribution in [0.4, 0.5) is 0 Å². The summed E-state index contributed by atoms with van der Waals surface area (Å²) in [5.74, 6) is 0. The first kappa shape index (κ1) is 15.8. The zero-order valence-electron chi connectivity index (χ0n) is 11.7. The summed E-state index contributed by atoms with van der Waals surface area (Å²) in [4.78, 5) is 0.886. The molecule has 0 spiro atoms. The second-order valence-electron chi connectivity index (χ2n) is 5.12. The van der Waals surface area contributed by atoms with E-state index in [1.165, 1.54) is 11.3 Å². The lowest BCUT2D eigenvalue weighted by Crippen LogP contribution is -2.29. The Bertz CT molecular complexity index is 758. The lowest BCUT2D eigenvalue weighted by molar-refractivity contribution is 0.0851. The summed E-state index contributed by atoms with van der Waals surface area (Å²) in [6.45, 7) is 0. The van der Waals surface area contributed by atoms with Crippen LogP contribution in [0.2, 0.25) is 5.02 Å². The van der Waals surface area contributed by atoms with E-state index in [0.29, 0.717) is 11.4 Å². The molecule has 3 aromatic rings. The van der Waals surface area contributed by atoms with E-state index in [-0.39, 0.29) is 0 Å². The summed E-state index contributed by atoms with van der Waals surface area (Å²) in [6.07, 6.45) is 0.477. The van der Waals surface area contributed by atoms with Crippen molar-refractivity contribution in [1.82, 2.24) is 0 Å². The van der Waals surface area contributed by atoms with Crippen molar-refractivity contribution in [2.75, 3.05) is 0 Å². The topological polar surface area (TPSA) is 20.2 Å². The molecule has 1 unspecified atom stereocenters. The second kappa shape index (κ2) is 6.55. The van der Waals surface area contributed by atoms with Crippen molar-refractivity contribution in [3.63, 3.8) is 0 Å². The minimum atomic E-state index is -1.14. The highest BCUT2D eigenvalue weighted by Crippen LogP contribution is 2.40. The van der Waals surface area contributed by atoms with Crippen LogP contribution in [0.15, 0.2) is 70.5 Å². The van der Waals surface area contributed by atoms with Gasteiger partial charge in [-0.15, -0.1) is 11.3 Å². The van der Waals surface area contributed by atoms with Crippen LogP contribution in [0.5, 0.6) is 0 Å². The molecule has 0 fully saturated rings. The third kappa shape index (κ3) is 3.13. The Labute approximate surface area is 147 Å². The third-order valence-corrected chi connectivity index (χ3v) is 5.45. The molecule has 1 aromatic heterocycles. The van der Waals surface area contributed by atoms with Crippen molar-refractivity contribution < 1.29 is 5.11 Å². The van der Waals surface area contributed by atoms with Gasteiger partial charge in [-0.2, -0.15) is 0 Å². The van der Waals surface area contributed by atoms with Gasteiger partial charge in [-0.25, -0.2) is 0 Å². The van der Waals surface area contributed by atoms with Crippen LogP contribution in [0.3, 0.4) is 0 Å². The minimum Gasteiger partial charge on any atom is -0.379 e. The van der Waals surface area contributed by atoms with Crippen molar-refractivity contribution in [2.24, 2.45) is 0 Å². The molecule has 2 aromatic carbocycles. The third-order valence-electron chi connectivity index (χ3n) is 3.61. The van der Waals surface area contributed by atoms with E-state index < -0.39 is 5.60 Å². The van der Waals surface area contributed by atoms with Crippen molar-refractivity contribution in [1.29, 1.82) is 0 Å². The van der Waals surface area contributed by atoms with Gasteiger partial charge in [0.1, 0.15) is 5.60 Å². The molecule has 4 heteroatoms. The summed E-state index contributed by atoms with van der Waals surface area (Å²) in [7, 11) is 0. The number of thiophene rings is 1. The predicted molar refractivity (Wildman–Crippen MR) is 96.6 cm³/mol. The van der Waals surface area contributed by atoms with Crippen LogP contribution in [-0.2, 0) is 12.0 Å². The highest BCUT2D eigenvalue weighted by atomic mass is 79.9. The standard InChI is InChI=1S/C18H14BrClOS/c19-14-8-9-16(20)15(11-14)18(21,17-7-4-10-22-17)12-13-5-2-1-3-6-13/h1-11,21H,12H2. The number of benzene rings is 2. The normalized spacial score (nSPS) is 13.8. The van der Waals surface area contributed by atoms with E-state index in [2.05, 4.69) is 15.9 Å². The average Bonchev–Trinajstić information content (AvgIpc) is 3.05. The molecule has 22 heavy (non-hydrogen) atoms. The monoisotopic (exact) mass is 392 g/mol. The lowest BCUT2D eigenvalue weighted by atomic mass is 9.86. The van der Waals surface area contributed by atoms with Crippen molar-refractivity contribution in [2.45, 2.75) is 12.0 Å². The zero-order valence-corrected chi connectivity index (χ0v) is 14.8. The maximum absolute atomic E-state index is 11.5. The van der Waals surface area contributed by atoms with E-state index >= 15 is 0 Å². The number of hydrogen-bond acceptors (Lipinski definition) is 2. The first-order chi connectivity index (χ1) is 10.6. The summed E-state index contributed by atoms with van der Waals surface area (Å²) in [5.41, 5.74) is 0.639. The zero-order chi connectivity index (χ0) is 15.6. The largest absolute Gasteiger partial charge is 0.379 e. The van der Waals surface area contributed by atoms with E-state index in [9.17, 15) is 5.11 Å². The Morgan fingerprint density at radius 1 is 1.05 bits per heavy atom. The molecule has 0 saturated carbocycles. The number of rotatable bonds is 4. The summed E-state index contributed by atoms with van der Waals surface area (Å²) in [6, 6.07) is 19.4. The minimum absolute atomic E-state index is 0.477. The van der Waals surface area contributed by atoms with Gasteiger partial charge in [-0.05, 0) is 35.2 Å². The van der Waals surface area contributed by atoms with E-state index in [0.717, 1.165) is 20.5 Å². The Balaban J connectivity index is 2.13. The smallest absolute Gasteiger partial charge is 0.129 e. The summed E-state index contributed by atoms with van der Waals surface area (Å²) >= 11 is 11.4. The van der Waals surface area contributed by atoms with Crippen LogP contribution in [0.25, 0.3) is 0 Å². The summed E-state index contributed by atoms with van der Waals surface area (Å²) in [5, 5.41) is 14.0. The van der Waals surface area contributed by atoms with E-state index in [1.54, 1.807) is 0 Å². The van der Waals surface area contributed by atoms with Crippen molar-refractivity contribution in [3.05, 3.63) is 91.5 Å². The highest BCUT2D eigenvalue weighted by Gasteiger charge is 2.35. The fourth-order valence-corrected chi connectivity index (χ4v) is 4.01. The van der Waals surface area contributed by atoms with Crippen molar-refractivity contribution >= 4 is 38.9 Å². The van der Waals surface area contributed by atoms with Gasteiger partial charge in [0, 0.05) is 26.4 Å². The maximum Gasteiger partial charge on any atom is 0.129 e. The molecule has 0 aliphatic carbocycles. The first-order valence-electron chi connectivity index (χ1n) is 6.85. The van der Waals surface area contributed by atoms with Gasteiger partial charge in [0.15, 0.2) is 0 Å². The molecule has 0 aliphatic heterocycles. The fourth-order valence-electron chi connectivity index (χ4n) is 2.53. The maximum atomic E-state index is 11.5. The molecule has 0 aliphatic rings. The van der Waals surface area contributed by atoms with Crippen LogP contribution >= 0.6 is 38.9 Å². The molecule has 0 bridgehead atoms. The Morgan fingerprint density at radius 3 is 2.50 bits per heavy atom. The molecular formula is C18H14BrClOS. The quantitative estimate of drug-likeness (QED) is 0.608. The van der Waals surface area contributed by atoms with Gasteiger partial charge in [0.05, 0.1) is 0 Å². The lowest BCUT2D eigenvalue weighted by Gasteiger charge is -2.29. The van der Waals surface area contributed by atoms with Crippen LogP contribution in [0, 0.1) is 0 Å². The SMILES string of the molecule is OC(Cc1ccccc1)(c1cccs1)c1cc(Br)ccc1Cl. The second-order valence-corrected chi connectivity index (χ2v) is 7.39. The fraction of sp³-hybridized carbons (Fsp3) is 0.111. The van der Waals surface area contributed by atoms with Gasteiger partial charge >= 0.3 is 0 Å². The number of aliphatic hydroxyl groups is 1. The molecule has 1 N–H and O–H groups in total. The predicted octanol–water partition coefficient (Wildman–Crippen LogP) is 5.64. The van der Waals surface area contributed by atoms with Gasteiger partial charge < -0.3 is 5.11 Å². The molecule has 0 radical (unpaired) electrons. The molecule has 1 heterocycles. The highest BCUT2D eigenvalue weighted by molar-refractivity contribution is 9.10. The van der Waals surface area contributed by atoms with Gasteiger partial charge in [0.25, 0.3) is 0 Å². The number of hydrogen-bond donors (Lipinski definition) is 1. The molecule has 1 nitrogen and oxygen atoms in total. The molecule has 0 saturated heterocycles. The first-order valence-corrected chi connectivity index (χ1v) is 8.90. The molecule has 1 atom stereocenters. The molecule has 3 rings (SSSR count). The Hall–Kier alpha value is -1.13. The number of halogens is 2. The molecule has 112 valence electrons. The van der Waals surface area contributed by atoms with Gasteiger partial charge in [-0.3, -0.25) is 0 Å². The van der Waals surface area contributed by atoms with Crippen LogP contribution in [0.1, 0.15) is 16.0 Å². The molecular weight excluding hydrogens is 380 g/mol. The van der Waals surface area contributed by atoms with Gasteiger partial charge in [-0.1, -0.05) is 63.9 Å². The van der Waals surface area contributed by atoms with E-state index in [4.69, 9.17) is 11.6 Å². The Kier molecular flexibility index (Phi) is 4.69. The van der Waals surface area contributed by atoms with Crippen molar-refractivity contribution in [3.8, 4) is 0 Å². The molecule has 0 amide bonds.